The number of benzene rings is 4. The first-order valence-corrected chi connectivity index (χ1v) is 36.8. The molecule has 4 saturated heterocycles. The zero-order chi connectivity index (χ0) is 76.9. The fourth-order valence-electron chi connectivity index (χ4n) is 13.4. The molecule has 0 aliphatic carbocycles. The summed E-state index contributed by atoms with van der Waals surface area (Å²) in [5.41, 5.74) is 2.58. The standard InChI is InChI=1S/C75H86Cl2N12O20/c1-9-86-30-56(80-82-86)39-98-73-66(106-70(94)52-26-18-12-19-27-52)64(105-69(93)51-24-16-11-17-25-51)46(5)59(102-73)35-88-33-57(81-85-88)40-99-74-67(107-71(95)53-28-20-13-21-29-53)63(104-68(92)50-22-14-10-15-23-50)45(4)58(101-74)34-87-31-54(78-83-87)37-96-38-55-32-89(84-79-55)36-60-65(100-49(8)91)47(6)75(42-76,108-60)109-72-44(3)43(2)62(77)61(103-72)41-97-48(7)90/h10-33,43-47,58-67,72-74H,9,34-42H2,1-8H3/t43-,44+,45-,46-,47+,58-,59-,60-,61-,62-,63+,64+,65-,66+,67+,72-,73+,74+,75+/m1/s1. The molecule has 0 amide bonds. The van der Waals surface area contributed by atoms with Crippen molar-refractivity contribution in [1.82, 2.24) is 60.0 Å². The molecule has 12 rings (SSSR count). The van der Waals surface area contributed by atoms with Crippen LogP contribution in [0, 0.1) is 29.6 Å². The van der Waals surface area contributed by atoms with Crippen LogP contribution in [0.4, 0.5) is 0 Å². The molecule has 0 N–H and O–H groups in total. The quantitative estimate of drug-likeness (QED) is 0.0226. The third kappa shape index (κ3) is 19.6. The second-order valence-electron chi connectivity index (χ2n) is 27.3. The molecule has 4 fully saturated rings. The highest BCUT2D eigenvalue weighted by Crippen LogP contribution is 2.45. The summed E-state index contributed by atoms with van der Waals surface area (Å²) >= 11 is 13.5. The van der Waals surface area contributed by atoms with Crippen LogP contribution >= 0.6 is 23.2 Å². The summed E-state index contributed by atoms with van der Waals surface area (Å²) in [5.74, 6) is -7.87. The number of halogens is 2. The third-order valence-electron chi connectivity index (χ3n) is 19.7. The van der Waals surface area contributed by atoms with Gasteiger partial charge in [0.2, 0.25) is 0 Å². The highest BCUT2D eigenvalue weighted by atomic mass is 35.5. The lowest BCUT2D eigenvalue weighted by Crippen LogP contribution is -2.58. The molecule has 32 nitrogen and oxygen atoms in total. The van der Waals surface area contributed by atoms with Crippen molar-refractivity contribution in [2.45, 2.75) is 193 Å². The third-order valence-corrected chi connectivity index (χ3v) is 20.7. The number of nitrogens with zero attached hydrogens (tertiary/aromatic N) is 12. The zero-order valence-corrected chi connectivity index (χ0v) is 62.6. The number of carbonyl (C=O) groups is 6. The first-order chi connectivity index (χ1) is 52.6. The average molecular weight is 1550 g/mol. The van der Waals surface area contributed by atoms with E-state index < -0.39 is 139 Å². The molecule has 0 radical (unpaired) electrons. The maximum Gasteiger partial charge on any atom is 0.338 e. The lowest BCUT2D eigenvalue weighted by molar-refractivity contribution is -0.340. The topological polar surface area (TPSA) is 354 Å². The van der Waals surface area contributed by atoms with E-state index in [2.05, 4.69) is 41.2 Å². The Kier molecular flexibility index (Phi) is 26.4. The molecule has 8 heterocycles. The van der Waals surface area contributed by atoms with Crippen LogP contribution in [0.15, 0.2) is 146 Å². The van der Waals surface area contributed by atoms with Crippen LogP contribution in [-0.4, -0.2) is 193 Å². The van der Waals surface area contributed by atoms with Crippen molar-refractivity contribution < 1.29 is 95.1 Å². The monoisotopic (exact) mass is 1540 g/mol. The van der Waals surface area contributed by atoms with Crippen LogP contribution in [0.3, 0.4) is 0 Å². The van der Waals surface area contributed by atoms with Gasteiger partial charge >= 0.3 is 35.8 Å². The summed E-state index contributed by atoms with van der Waals surface area (Å²) in [6.07, 6.45) is -5.99. The highest BCUT2D eigenvalue weighted by Gasteiger charge is 2.59. The normalized spacial score (nSPS) is 28.2. The van der Waals surface area contributed by atoms with E-state index >= 15 is 0 Å². The smallest absolute Gasteiger partial charge is 0.338 e. The summed E-state index contributed by atoms with van der Waals surface area (Å²) in [6.45, 7) is 13.9. The molecule has 0 spiro atoms. The van der Waals surface area contributed by atoms with Crippen LogP contribution in [0.5, 0.6) is 0 Å². The number of hydrogen-bond acceptors (Lipinski definition) is 28. The van der Waals surface area contributed by atoms with Gasteiger partial charge < -0.3 is 66.3 Å². The summed E-state index contributed by atoms with van der Waals surface area (Å²) in [6, 6.07) is 33.4. The Morgan fingerprint density at radius 1 is 0.440 bits per heavy atom. The van der Waals surface area contributed by atoms with E-state index in [1.807, 2.05) is 27.7 Å². The maximum atomic E-state index is 14.2. The minimum atomic E-state index is -1.50. The zero-order valence-electron chi connectivity index (χ0n) is 61.1. The van der Waals surface area contributed by atoms with Gasteiger partial charge in [0.15, 0.2) is 36.9 Å². The largest absolute Gasteiger partial charge is 0.463 e. The van der Waals surface area contributed by atoms with E-state index in [1.54, 1.807) is 169 Å². The minimum absolute atomic E-state index is 0.00152. The van der Waals surface area contributed by atoms with Crippen LogP contribution in [0.1, 0.15) is 120 Å². The van der Waals surface area contributed by atoms with Gasteiger partial charge in [-0.3, -0.25) is 14.3 Å². The van der Waals surface area contributed by atoms with Crippen molar-refractivity contribution in [2.24, 2.45) is 29.6 Å². The van der Waals surface area contributed by atoms with Gasteiger partial charge in [0.25, 0.3) is 0 Å². The average Bonchev–Trinajstić information content (AvgIpc) is 1.62. The molecule has 34 heteroatoms. The van der Waals surface area contributed by atoms with E-state index in [0.29, 0.717) is 23.6 Å². The minimum Gasteiger partial charge on any atom is -0.463 e. The predicted molar refractivity (Wildman–Crippen MR) is 379 cm³/mol. The van der Waals surface area contributed by atoms with Gasteiger partial charge in [0, 0.05) is 38.1 Å². The van der Waals surface area contributed by atoms with Gasteiger partial charge in [-0.2, -0.15) is 0 Å². The summed E-state index contributed by atoms with van der Waals surface area (Å²) in [4.78, 5) is 80.5. The number of carbonyl (C=O) groups excluding carboxylic acids is 6. The Balaban J connectivity index is 0.737. The molecule has 0 bridgehead atoms. The van der Waals surface area contributed by atoms with Crippen LogP contribution in [-0.2, 0) is 129 Å². The highest BCUT2D eigenvalue weighted by molar-refractivity contribution is 6.21. The first kappa shape index (κ1) is 79.1. The Morgan fingerprint density at radius 2 is 0.817 bits per heavy atom. The molecule has 4 aliphatic rings. The number of rotatable bonds is 31. The fourth-order valence-corrected chi connectivity index (χ4v) is 14.1. The Morgan fingerprint density at radius 3 is 1.20 bits per heavy atom. The molecular weight excluding hydrogens is 1460 g/mol. The molecule has 8 aromatic rings. The lowest BCUT2D eigenvalue weighted by Gasteiger charge is -2.45. The van der Waals surface area contributed by atoms with Crippen molar-refractivity contribution >= 4 is 59.0 Å². The van der Waals surface area contributed by atoms with Crippen molar-refractivity contribution in [3.05, 3.63) is 191 Å². The molecule has 109 heavy (non-hydrogen) atoms. The second-order valence-corrected chi connectivity index (χ2v) is 28.1. The van der Waals surface area contributed by atoms with Gasteiger partial charge in [-0.1, -0.05) is 128 Å². The predicted octanol–water partition coefficient (Wildman–Crippen LogP) is 7.93. The molecule has 4 aromatic heterocycles. The molecule has 4 aromatic carbocycles. The van der Waals surface area contributed by atoms with Crippen LogP contribution in [0.25, 0.3) is 0 Å². The van der Waals surface area contributed by atoms with Crippen molar-refractivity contribution in [1.29, 1.82) is 0 Å². The number of ether oxygens (including phenoxy) is 14. The van der Waals surface area contributed by atoms with Gasteiger partial charge in [-0.05, 0) is 61.4 Å². The first-order valence-electron chi connectivity index (χ1n) is 35.9. The van der Waals surface area contributed by atoms with E-state index in [-0.39, 0.29) is 98.3 Å². The summed E-state index contributed by atoms with van der Waals surface area (Å²) in [5, 5.41) is 34.2. The van der Waals surface area contributed by atoms with Gasteiger partial charge in [-0.25, -0.2) is 33.2 Å². The molecule has 0 saturated carbocycles. The number of hydrogen-bond donors (Lipinski definition) is 0. The lowest BCUT2D eigenvalue weighted by atomic mass is 9.86. The van der Waals surface area contributed by atoms with Crippen molar-refractivity contribution in [3.8, 4) is 0 Å². The second kappa shape index (κ2) is 36.4. The summed E-state index contributed by atoms with van der Waals surface area (Å²) < 4.78 is 94.6. The van der Waals surface area contributed by atoms with Crippen molar-refractivity contribution in [2.75, 3.05) is 12.5 Å². The number of alkyl halides is 2. The summed E-state index contributed by atoms with van der Waals surface area (Å²) in [7, 11) is 0. The van der Waals surface area contributed by atoms with E-state index in [9.17, 15) is 28.8 Å². The van der Waals surface area contributed by atoms with E-state index in [0.717, 1.165) is 0 Å². The Hall–Kier alpha value is -9.48. The van der Waals surface area contributed by atoms with Crippen LogP contribution in [0.2, 0.25) is 0 Å². The Bertz CT molecular complexity index is 4330. The number of aryl methyl sites for hydroxylation is 1. The SMILES string of the molecule is CCn1cc(CO[C@H]2O[C@H](Cn3cc(CO[C@H]4O[C@H](Cn5cc(COCc6cn(C[C@H]7O[C@@](CCl)(O[C@H]8O[C@H](COC(C)=O)[C@H](Cl)[C@H](C)[C@@H]8C)[C@@H](C)[C@H]7OC(C)=O)nn6)nn5)[C@@H](C)[C@H](OC(=O)c5ccccc5)[C@@H]4OC(=O)c4ccccc4)nn3)[C@@H](C)[C@H](OC(=O)c3ccccc3)[C@@H]2OC(=O)c2ccccc2)nn1. The van der Waals surface area contributed by atoms with E-state index in [4.69, 9.17) is 89.5 Å². The number of aromatic nitrogens is 12. The van der Waals surface area contributed by atoms with Gasteiger partial charge in [-0.15, -0.1) is 43.6 Å². The van der Waals surface area contributed by atoms with Gasteiger partial charge in [0.1, 0.15) is 59.9 Å². The molecule has 4 aliphatic heterocycles. The molecular formula is C75H86Cl2N12O20. The Labute approximate surface area is 637 Å². The van der Waals surface area contributed by atoms with Crippen LogP contribution < -0.4 is 0 Å². The maximum absolute atomic E-state index is 14.2. The van der Waals surface area contributed by atoms with Gasteiger partial charge in [0.05, 0.1) is 122 Å². The molecule has 0 unspecified atom stereocenters. The number of esters is 6. The van der Waals surface area contributed by atoms with E-state index in [1.165, 1.54) is 23.2 Å². The van der Waals surface area contributed by atoms with Crippen molar-refractivity contribution in [3.63, 3.8) is 0 Å². The molecule has 19 atom stereocenters. The molecule has 580 valence electrons. The fraction of sp³-hybridized carbons (Fsp3) is 0.493.